The molecule has 0 unspecified atom stereocenters. The van der Waals surface area contributed by atoms with Gasteiger partial charge < -0.3 is 4.90 Å². The van der Waals surface area contributed by atoms with Crippen LogP contribution in [0.4, 0.5) is 5.13 Å². The molecule has 3 nitrogen and oxygen atoms in total. The summed E-state index contributed by atoms with van der Waals surface area (Å²) in [4.78, 5) is 9.28. The van der Waals surface area contributed by atoms with E-state index >= 15 is 0 Å². The van der Waals surface area contributed by atoms with Crippen molar-refractivity contribution in [2.75, 3.05) is 37.6 Å². The number of aromatic nitrogens is 1. The molecule has 0 atom stereocenters. The average molecular weight is 303 g/mol. The highest BCUT2D eigenvalue weighted by atomic mass is 79.9. The Kier molecular flexibility index (Phi) is 4.21. The van der Waals surface area contributed by atoms with Gasteiger partial charge in [0.1, 0.15) is 0 Å². The van der Waals surface area contributed by atoms with E-state index in [0.717, 1.165) is 41.6 Å². The summed E-state index contributed by atoms with van der Waals surface area (Å²) in [5.41, 5.74) is 0. The summed E-state index contributed by atoms with van der Waals surface area (Å²) in [6, 6.07) is 0. The SMILES string of the molecule is C[C](C)CN1CCN(c2ncc(Br)s2)CC1. The van der Waals surface area contributed by atoms with E-state index in [0.29, 0.717) is 0 Å². The minimum absolute atomic E-state index is 1.09. The van der Waals surface area contributed by atoms with E-state index in [1.807, 2.05) is 6.20 Å². The molecule has 0 amide bonds. The van der Waals surface area contributed by atoms with Crippen LogP contribution in [-0.4, -0.2) is 42.6 Å². The van der Waals surface area contributed by atoms with Gasteiger partial charge in [0.15, 0.2) is 5.13 Å². The number of halogens is 1. The standard InChI is InChI=1S/C11H17BrN3S/c1-9(2)8-14-3-5-15(6-4-14)11-13-7-10(12)16-11/h7H,3-6,8H2,1-2H3. The van der Waals surface area contributed by atoms with Crippen molar-refractivity contribution in [3.8, 4) is 0 Å². The molecule has 16 heavy (non-hydrogen) atoms. The van der Waals surface area contributed by atoms with Gasteiger partial charge in [-0.15, -0.1) is 0 Å². The van der Waals surface area contributed by atoms with Gasteiger partial charge in [-0.1, -0.05) is 25.2 Å². The molecule has 1 aliphatic rings. The molecule has 1 fully saturated rings. The fourth-order valence-electron chi connectivity index (χ4n) is 1.94. The fraction of sp³-hybridized carbons (Fsp3) is 0.636. The van der Waals surface area contributed by atoms with Crippen molar-refractivity contribution >= 4 is 32.4 Å². The predicted molar refractivity (Wildman–Crippen MR) is 73.1 cm³/mol. The average Bonchev–Trinajstić information content (AvgIpc) is 2.65. The Morgan fingerprint density at radius 2 is 2.06 bits per heavy atom. The number of anilines is 1. The van der Waals surface area contributed by atoms with Gasteiger partial charge in [-0.25, -0.2) is 4.98 Å². The van der Waals surface area contributed by atoms with E-state index in [1.54, 1.807) is 11.3 Å². The van der Waals surface area contributed by atoms with Crippen LogP contribution in [0.3, 0.4) is 0 Å². The lowest BCUT2D eigenvalue weighted by Gasteiger charge is -2.35. The number of hydrogen-bond acceptors (Lipinski definition) is 4. The number of thiazole rings is 1. The fourth-order valence-corrected chi connectivity index (χ4v) is 3.17. The van der Waals surface area contributed by atoms with Crippen LogP contribution in [0.1, 0.15) is 13.8 Å². The minimum atomic E-state index is 1.09. The Morgan fingerprint density at radius 1 is 1.38 bits per heavy atom. The lowest BCUT2D eigenvalue weighted by Crippen LogP contribution is -2.47. The van der Waals surface area contributed by atoms with Crippen LogP contribution < -0.4 is 4.90 Å². The zero-order valence-corrected chi connectivity index (χ0v) is 12.1. The largest absolute Gasteiger partial charge is 0.345 e. The lowest BCUT2D eigenvalue weighted by molar-refractivity contribution is 0.267. The third-order valence-electron chi connectivity index (χ3n) is 2.65. The molecule has 0 aromatic carbocycles. The Balaban J connectivity index is 1.85. The molecule has 5 heteroatoms. The van der Waals surface area contributed by atoms with E-state index < -0.39 is 0 Å². The van der Waals surface area contributed by atoms with E-state index in [4.69, 9.17) is 0 Å². The monoisotopic (exact) mass is 302 g/mol. The van der Waals surface area contributed by atoms with Crippen molar-refractivity contribution in [2.24, 2.45) is 0 Å². The summed E-state index contributed by atoms with van der Waals surface area (Å²) in [6.45, 7) is 10.00. The molecule has 1 radical (unpaired) electrons. The van der Waals surface area contributed by atoms with Gasteiger partial charge in [0, 0.05) is 32.7 Å². The van der Waals surface area contributed by atoms with Crippen LogP contribution in [0.5, 0.6) is 0 Å². The molecule has 0 aliphatic carbocycles. The zero-order valence-electron chi connectivity index (χ0n) is 9.74. The van der Waals surface area contributed by atoms with Crippen molar-refractivity contribution < 1.29 is 0 Å². The van der Waals surface area contributed by atoms with Gasteiger partial charge in [0.2, 0.25) is 0 Å². The molecule has 0 N–H and O–H groups in total. The zero-order chi connectivity index (χ0) is 11.5. The van der Waals surface area contributed by atoms with Crippen LogP contribution in [0.25, 0.3) is 0 Å². The Labute approximate surface area is 110 Å². The molecule has 0 spiro atoms. The summed E-state index contributed by atoms with van der Waals surface area (Å²) in [7, 11) is 0. The topological polar surface area (TPSA) is 19.4 Å². The molecule has 1 saturated heterocycles. The van der Waals surface area contributed by atoms with Gasteiger partial charge >= 0.3 is 0 Å². The minimum Gasteiger partial charge on any atom is -0.345 e. The van der Waals surface area contributed by atoms with Crippen LogP contribution in [-0.2, 0) is 0 Å². The summed E-state index contributed by atoms with van der Waals surface area (Å²) < 4.78 is 1.11. The van der Waals surface area contributed by atoms with E-state index in [1.165, 1.54) is 5.92 Å². The second kappa shape index (κ2) is 5.47. The summed E-state index contributed by atoms with van der Waals surface area (Å²) in [5.74, 6) is 1.49. The summed E-state index contributed by atoms with van der Waals surface area (Å²) in [6.07, 6.45) is 1.89. The maximum absolute atomic E-state index is 4.40. The van der Waals surface area contributed by atoms with Gasteiger partial charge in [0.05, 0.1) is 9.98 Å². The van der Waals surface area contributed by atoms with Crippen LogP contribution in [0.2, 0.25) is 0 Å². The number of hydrogen-bond donors (Lipinski definition) is 0. The van der Waals surface area contributed by atoms with Gasteiger partial charge in [-0.05, 0) is 21.8 Å². The molecule has 1 aromatic heterocycles. The summed E-state index contributed by atoms with van der Waals surface area (Å²) in [5, 5.41) is 1.14. The van der Waals surface area contributed by atoms with E-state index in [2.05, 4.69) is 44.6 Å². The van der Waals surface area contributed by atoms with Gasteiger partial charge in [0.25, 0.3) is 0 Å². The first-order valence-corrected chi connectivity index (χ1v) is 7.14. The molecule has 2 heterocycles. The van der Waals surface area contributed by atoms with Crippen LogP contribution in [0.15, 0.2) is 9.98 Å². The highest BCUT2D eigenvalue weighted by Gasteiger charge is 2.19. The Morgan fingerprint density at radius 3 is 2.56 bits per heavy atom. The maximum Gasteiger partial charge on any atom is 0.186 e. The molecule has 0 bridgehead atoms. The molecular formula is C11H17BrN3S. The first-order valence-electron chi connectivity index (χ1n) is 5.53. The molecule has 1 aliphatic heterocycles. The van der Waals surface area contributed by atoms with Crippen LogP contribution >= 0.6 is 27.3 Å². The van der Waals surface area contributed by atoms with Gasteiger partial charge in [-0.3, -0.25) is 4.90 Å². The Bertz CT molecular complexity index is 332. The third-order valence-corrected chi connectivity index (χ3v) is 4.18. The number of piperazine rings is 1. The number of nitrogens with zero attached hydrogens (tertiary/aromatic N) is 3. The second-order valence-electron chi connectivity index (χ2n) is 4.42. The summed E-state index contributed by atoms with van der Waals surface area (Å²) >= 11 is 5.18. The van der Waals surface area contributed by atoms with E-state index in [-0.39, 0.29) is 0 Å². The normalized spacial score (nSPS) is 18.4. The number of rotatable bonds is 3. The molecular weight excluding hydrogens is 286 g/mol. The quantitative estimate of drug-likeness (QED) is 0.856. The van der Waals surface area contributed by atoms with E-state index in [9.17, 15) is 0 Å². The first-order chi connectivity index (χ1) is 7.65. The van der Waals surface area contributed by atoms with Crippen molar-refractivity contribution in [1.82, 2.24) is 9.88 Å². The van der Waals surface area contributed by atoms with Crippen molar-refractivity contribution in [3.63, 3.8) is 0 Å². The van der Waals surface area contributed by atoms with Crippen LogP contribution in [0, 0.1) is 5.92 Å². The van der Waals surface area contributed by atoms with Crippen molar-refractivity contribution in [3.05, 3.63) is 15.9 Å². The maximum atomic E-state index is 4.40. The van der Waals surface area contributed by atoms with Crippen molar-refractivity contribution in [1.29, 1.82) is 0 Å². The Hall–Kier alpha value is -0.130. The molecule has 0 saturated carbocycles. The highest BCUT2D eigenvalue weighted by Crippen LogP contribution is 2.27. The smallest absolute Gasteiger partial charge is 0.186 e. The highest BCUT2D eigenvalue weighted by molar-refractivity contribution is 9.11. The third kappa shape index (κ3) is 3.18. The second-order valence-corrected chi connectivity index (χ2v) is 6.81. The predicted octanol–water partition coefficient (Wildman–Crippen LogP) is 2.64. The van der Waals surface area contributed by atoms with Gasteiger partial charge in [-0.2, -0.15) is 0 Å². The molecule has 89 valence electrons. The van der Waals surface area contributed by atoms with Crippen molar-refractivity contribution in [2.45, 2.75) is 13.8 Å². The molecule has 1 aromatic rings. The lowest BCUT2D eigenvalue weighted by atomic mass is 10.2. The first kappa shape index (κ1) is 12.3. The molecule has 2 rings (SSSR count).